The van der Waals surface area contributed by atoms with Gasteiger partial charge in [-0.1, -0.05) is 0 Å². The van der Waals surface area contributed by atoms with Gasteiger partial charge in [-0.05, 0) is 0 Å². The molecule has 14 atom stereocenters. The van der Waals surface area contributed by atoms with E-state index in [2.05, 4.69) is 0 Å². The third kappa shape index (κ3) is 7.45. The Labute approximate surface area is 297 Å². The molecule has 14 N–H and O–H groups in total. The second kappa shape index (κ2) is 15.4. The number of hydrogen-bond acceptors (Lipinski definition) is 20. The fourth-order valence-corrected chi connectivity index (χ4v) is 6.06. The summed E-state index contributed by atoms with van der Waals surface area (Å²) in [6, 6.07) is 5.20. The molecule has 3 saturated heterocycles. The van der Waals surface area contributed by atoms with Crippen molar-refractivity contribution in [1.29, 1.82) is 0 Å². The van der Waals surface area contributed by atoms with Gasteiger partial charge in [0.1, 0.15) is 77.9 Å². The van der Waals surface area contributed by atoms with Gasteiger partial charge in [0.25, 0.3) is 0 Å². The van der Waals surface area contributed by atoms with E-state index in [1.54, 1.807) is 0 Å². The third-order valence-electron chi connectivity index (χ3n) is 9.04. The maximum Gasteiger partial charge on any atom is 0.402 e. The SMILES string of the molecule is OC[C@H]1O[C@@H](Oc2cc3c(O[C@@H]4O[C@H](CO)[C@@H](O)[C@H](O)[C@H]4O)cc(O)cc3[o+]c2-c2cc(O)c(O)c(O)c2)[C@H](O[C@@H]2OC[C@@H](O)[C@H](O)[C@H]2O)[C@@H](O)[C@H]1O. The standard InChI is InChI=1S/C32H38O21/c33-6-18-22(41)24(43)27(46)31(51-18)49-16-4-10(35)3-15-11(16)5-17(28(48-15)9-1-12(36)20(39)13(37)2-9)50-32-29(25(44)23(42)19(7-34)52-32)53-30-26(45)21(40)14(38)8-47-30/h1-5,14,18-19,21-27,29-34,38,40-46H,6-8H2,(H3-,35,36,37,39)/p+1/t14-,18-,19-,21+,22-,23+,24+,25+,26-,27-,29-,30+,31-,32-/m1/s1. The van der Waals surface area contributed by atoms with Crippen molar-refractivity contribution in [2.24, 2.45) is 0 Å². The molecule has 292 valence electrons. The number of aromatic hydroxyl groups is 4. The van der Waals surface area contributed by atoms with Gasteiger partial charge < -0.3 is 99.9 Å². The molecule has 3 fully saturated rings. The van der Waals surface area contributed by atoms with Gasteiger partial charge in [0.2, 0.25) is 18.3 Å². The minimum absolute atomic E-state index is 0.0820. The normalized spacial score (nSPS) is 36.3. The number of benzene rings is 2. The summed E-state index contributed by atoms with van der Waals surface area (Å²) >= 11 is 0. The van der Waals surface area contributed by atoms with E-state index in [4.69, 9.17) is 32.8 Å². The van der Waals surface area contributed by atoms with Crippen LogP contribution in [0.15, 0.2) is 34.7 Å². The van der Waals surface area contributed by atoms with Gasteiger partial charge in [0.15, 0.2) is 29.6 Å². The highest BCUT2D eigenvalue weighted by atomic mass is 16.8. The van der Waals surface area contributed by atoms with Crippen molar-refractivity contribution in [1.82, 2.24) is 0 Å². The predicted octanol–water partition coefficient (Wildman–Crippen LogP) is -3.98. The molecule has 0 aliphatic carbocycles. The van der Waals surface area contributed by atoms with Gasteiger partial charge in [-0.15, -0.1) is 0 Å². The summed E-state index contributed by atoms with van der Waals surface area (Å²) in [5.41, 5.74) is -0.378. The lowest BCUT2D eigenvalue weighted by atomic mass is 9.98. The van der Waals surface area contributed by atoms with Crippen molar-refractivity contribution < 1.29 is 104 Å². The summed E-state index contributed by atoms with van der Waals surface area (Å²) in [5.74, 6) is -4.11. The van der Waals surface area contributed by atoms with E-state index in [1.165, 1.54) is 6.07 Å². The second-order valence-electron chi connectivity index (χ2n) is 12.6. The molecule has 0 unspecified atom stereocenters. The average molecular weight is 760 g/mol. The first-order valence-corrected chi connectivity index (χ1v) is 16.1. The molecule has 2 aromatic carbocycles. The first-order chi connectivity index (χ1) is 25.1. The number of rotatable bonds is 9. The molecule has 3 aromatic rings. The van der Waals surface area contributed by atoms with Gasteiger partial charge in [0, 0.05) is 24.3 Å². The number of hydrogen-bond donors (Lipinski definition) is 14. The van der Waals surface area contributed by atoms with E-state index >= 15 is 0 Å². The average Bonchev–Trinajstić information content (AvgIpc) is 3.13. The first kappa shape index (κ1) is 38.8. The van der Waals surface area contributed by atoms with Crippen LogP contribution < -0.4 is 9.47 Å². The molecule has 6 rings (SSSR count). The Balaban J connectivity index is 1.45. The molecular formula is C32H39O21+. The minimum atomic E-state index is -1.93. The minimum Gasteiger partial charge on any atom is -0.507 e. The van der Waals surface area contributed by atoms with Gasteiger partial charge in [-0.25, -0.2) is 4.42 Å². The van der Waals surface area contributed by atoms with Crippen LogP contribution in [0.4, 0.5) is 0 Å². The van der Waals surface area contributed by atoms with Crippen LogP contribution in [0.2, 0.25) is 0 Å². The molecular weight excluding hydrogens is 720 g/mol. The molecule has 0 saturated carbocycles. The Morgan fingerprint density at radius 1 is 0.623 bits per heavy atom. The second-order valence-corrected chi connectivity index (χ2v) is 12.6. The van der Waals surface area contributed by atoms with Crippen LogP contribution in [-0.2, 0) is 18.9 Å². The van der Waals surface area contributed by atoms with Gasteiger partial charge in [-0.3, -0.25) is 0 Å². The van der Waals surface area contributed by atoms with Crippen LogP contribution in [0, 0.1) is 0 Å². The Bertz CT molecular complexity index is 1730. The number of phenols is 4. The van der Waals surface area contributed by atoms with Crippen molar-refractivity contribution in [3.63, 3.8) is 0 Å². The van der Waals surface area contributed by atoms with Gasteiger partial charge >= 0.3 is 11.3 Å². The lowest BCUT2D eigenvalue weighted by Gasteiger charge is -2.44. The highest BCUT2D eigenvalue weighted by Crippen LogP contribution is 2.45. The highest BCUT2D eigenvalue weighted by molar-refractivity contribution is 5.89. The van der Waals surface area contributed by atoms with Crippen molar-refractivity contribution >= 4 is 11.0 Å². The van der Waals surface area contributed by atoms with Gasteiger partial charge in [0.05, 0.1) is 31.5 Å². The number of ether oxygens (including phenoxy) is 6. The Morgan fingerprint density at radius 2 is 1.21 bits per heavy atom. The molecule has 4 heterocycles. The van der Waals surface area contributed by atoms with Crippen molar-refractivity contribution in [2.45, 2.75) is 86.0 Å². The van der Waals surface area contributed by atoms with Crippen molar-refractivity contribution in [3.8, 4) is 45.8 Å². The first-order valence-electron chi connectivity index (χ1n) is 16.1. The van der Waals surface area contributed by atoms with E-state index < -0.39 is 135 Å². The molecule has 3 aliphatic heterocycles. The quantitative estimate of drug-likeness (QED) is 0.0730. The summed E-state index contributed by atoms with van der Waals surface area (Å²) in [6.45, 7) is -2.15. The molecule has 21 heteroatoms. The van der Waals surface area contributed by atoms with Crippen LogP contribution in [0.5, 0.6) is 34.5 Å². The topological polar surface area (TPSA) is 350 Å². The largest absolute Gasteiger partial charge is 0.507 e. The van der Waals surface area contributed by atoms with Crippen LogP contribution in [-0.4, -0.2) is 177 Å². The van der Waals surface area contributed by atoms with E-state index in [-0.39, 0.29) is 28.0 Å². The summed E-state index contributed by atoms with van der Waals surface area (Å²) in [6.07, 6.45) is -24.3. The zero-order valence-corrected chi connectivity index (χ0v) is 27.2. The molecule has 53 heavy (non-hydrogen) atoms. The number of aliphatic hydroxyl groups is 10. The maximum absolute atomic E-state index is 11.1. The van der Waals surface area contributed by atoms with Crippen LogP contribution in [0.1, 0.15) is 0 Å². The Morgan fingerprint density at radius 3 is 1.85 bits per heavy atom. The highest BCUT2D eigenvalue weighted by Gasteiger charge is 2.51. The lowest BCUT2D eigenvalue weighted by molar-refractivity contribution is -0.344. The monoisotopic (exact) mass is 759 g/mol. The van der Waals surface area contributed by atoms with Crippen LogP contribution >= 0.6 is 0 Å². The summed E-state index contributed by atoms with van der Waals surface area (Å²) in [4.78, 5) is 0. The van der Waals surface area contributed by atoms with Crippen LogP contribution in [0.25, 0.3) is 22.3 Å². The van der Waals surface area contributed by atoms with E-state index in [0.29, 0.717) is 0 Å². The van der Waals surface area contributed by atoms with E-state index in [1.807, 2.05) is 0 Å². The Kier molecular flexibility index (Phi) is 11.3. The fourth-order valence-electron chi connectivity index (χ4n) is 6.06. The maximum atomic E-state index is 11.1. The Hall–Kier alpha value is -3.91. The lowest BCUT2D eigenvalue weighted by Crippen LogP contribution is -2.63. The molecule has 0 amide bonds. The number of phenolic OH excluding ortho intramolecular Hbond substituents is 4. The molecule has 3 aliphatic rings. The fraction of sp³-hybridized carbons (Fsp3) is 0.531. The molecule has 0 bridgehead atoms. The van der Waals surface area contributed by atoms with Crippen molar-refractivity contribution in [3.05, 3.63) is 30.3 Å². The zero-order valence-electron chi connectivity index (χ0n) is 27.2. The summed E-state index contributed by atoms with van der Waals surface area (Å²) < 4.78 is 40.1. The molecule has 0 spiro atoms. The summed E-state index contributed by atoms with van der Waals surface area (Å²) in [7, 11) is 0. The number of fused-ring (bicyclic) bond motifs is 1. The third-order valence-corrected chi connectivity index (χ3v) is 9.04. The van der Waals surface area contributed by atoms with Crippen LogP contribution in [0.3, 0.4) is 0 Å². The smallest absolute Gasteiger partial charge is 0.402 e. The molecule has 1 aromatic heterocycles. The predicted molar refractivity (Wildman–Crippen MR) is 168 cm³/mol. The molecule has 21 nitrogen and oxygen atoms in total. The van der Waals surface area contributed by atoms with Gasteiger partial charge in [-0.2, -0.15) is 0 Å². The zero-order chi connectivity index (χ0) is 38.5. The van der Waals surface area contributed by atoms with E-state index in [9.17, 15) is 71.5 Å². The van der Waals surface area contributed by atoms with E-state index in [0.717, 1.165) is 24.3 Å². The van der Waals surface area contributed by atoms with Crippen molar-refractivity contribution in [2.75, 3.05) is 19.8 Å². The molecule has 0 radical (unpaired) electrons. The summed E-state index contributed by atoms with van der Waals surface area (Å²) in [5, 5.41) is 144. The number of aliphatic hydroxyl groups excluding tert-OH is 10.